The Kier molecular flexibility index (Phi) is 5.06. The highest BCUT2D eigenvalue weighted by Gasteiger charge is 2.27. The van der Waals surface area contributed by atoms with Crippen LogP contribution in [0.2, 0.25) is 0 Å². The van der Waals surface area contributed by atoms with E-state index in [1.165, 1.54) is 5.56 Å². The number of pyridine rings is 1. The number of aromatic nitrogens is 1. The zero-order valence-electron chi connectivity index (χ0n) is 15.5. The van der Waals surface area contributed by atoms with Crippen LogP contribution in [0.15, 0.2) is 42.7 Å². The first-order valence-corrected chi connectivity index (χ1v) is 9.49. The fraction of sp³-hybridized carbons (Fsp3) is 0.333. The van der Waals surface area contributed by atoms with Crippen LogP contribution >= 0.6 is 0 Å². The average Bonchev–Trinajstić information content (AvgIpc) is 3.12. The third kappa shape index (κ3) is 4.03. The Labute approximate surface area is 163 Å². The Morgan fingerprint density at radius 1 is 1.14 bits per heavy atom. The molecule has 28 heavy (non-hydrogen) atoms. The van der Waals surface area contributed by atoms with Gasteiger partial charge in [-0.3, -0.25) is 19.4 Å². The number of fused-ring (bicyclic) bond motifs is 1. The Bertz CT molecular complexity index is 913. The molecule has 0 spiro atoms. The van der Waals surface area contributed by atoms with Crippen molar-refractivity contribution in [2.75, 3.05) is 11.9 Å². The predicted molar refractivity (Wildman–Crippen MR) is 104 cm³/mol. The maximum Gasteiger partial charge on any atom is 0.255 e. The van der Waals surface area contributed by atoms with Gasteiger partial charge in [-0.2, -0.15) is 0 Å². The maximum atomic E-state index is 12.6. The summed E-state index contributed by atoms with van der Waals surface area (Å²) in [7, 11) is 0. The molecular weight excluding hydrogens is 356 g/mol. The van der Waals surface area contributed by atoms with Gasteiger partial charge in [0.05, 0.1) is 0 Å². The third-order valence-electron chi connectivity index (χ3n) is 5.28. The van der Waals surface area contributed by atoms with Gasteiger partial charge in [-0.05, 0) is 48.2 Å². The lowest BCUT2D eigenvalue weighted by atomic mass is 9.98. The number of hydrogen-bond acceptors (Lipinski definition) is 4. The third-order valence-corrected chi connectivity index (χ3v) is 5.28. The summed E-state index contributed by atoms with van der Waals surface area (Å²) in [5.41, 5.74) is 3.49. The standard InChI is InChI=1S/C21H22N4O3/c26-19-4-3-18(23-19)12-20(27)25-10-7-14-1-2-17(11-16(14)13-25)24-21(28)15-5-8-22-9-6-15/h1-2,5-6,8-9,11,18H,3-4,7,10,12-13H2,(H,23,26)(H,24,28)/t18-/m1/s1. The number of nitrogens with zero attached hydrogens (tertiary/aromatic N) is 2. The lowest BCUT2D eigenvalue weighted by Crippen LogP contribution is -2.39. The molecule has 2 aliphatic heterocycles. The number of rotatable bonds is 4. The molecule has 1 saturated heterocycles. The second-order valence-electron chi connectivity index (χ2n) is 7.25. The summed E-state index contributed by atoms with van der Waals surface area (Å²) in [6, 6.07) is 9.12. The highest BCUT2D eigenvalue weighted by atomic mass is 16.2. The molecule has 2 N–H and O–H groups in total. The molecule has 1 aromatic carbocycles. The minimum atomic E-state index is -0.192. The average molecular weight is 378 g/mol. The van der Waals surface area contributed by atoms with Crippen LogP contribution in [0.4, 0.5) is 5.69 Å². The molecule has 2 aromatic rings. The molecule has 144 valence electrons. The zero-order valence-corrected chi connectivity index (χ0v) is 15.5. The molecule has 0 aliphatic carbocycles. The number of carbonyl (C=O) groups excluding carboxylic acids is 3. The zero-order chi connectivity index (χ0) is 19.5. The van der Waals surface area contributed by atoms with Crippen LogP contribution in [0.3, 0.4) is 0 Å². The van der Waals surface area contributed by atoms with Crippen LogP contribution in [-0.2, 0) is 22.6 Å². The van der Waals surface area contributed by atoms with Crippen molar-refractivity contribution in [3.63, 3.8) is 0 Å². The first-order valence-electron chi connectivity index (χ1n) is 9.49. The molecule has 0 unspecified atom stereocenters. The predicted octanol–water partition coefficient (Wildman–Crippen LogP) is 1.89. The summed E-state index contributed by atoms with van der Waals surface area (Å²) in [5.74, 6) is -0.108. The molecule has 1 atom stereocenters. The molecule has 1 aromatic heterocycles. The van der Waals surface area contributed by atoms with E-state index in [1.54, 1.807) is 24.5 Å². The second-order valence-corrected chi connectivity index (χ2v) is 7.25. The van der Waals surface area contributed by atoms with Crippen molar-refractivity contribution in [1.29, 1.82) is 0 Å². The van der Waals surface area contributed by atoms with Crippen LogP contribution in [0.25, 0.3) is 0 Å². The fourth-order valence-electron chi connectivity index (χ4n) is 3.72. The SMILES string of the molecule is O=C1CC[C@H](CC(=O)N2CCc3ccc(NC(=O)c4ccncc4)cc3C2)N1. The van der Waals surface area contributed by atoms with Crippen LogP contribution in [0, 0.1) is 0 Å². The van der Waals surface area contributed by atoms with Gasteiger partial charge < -0.3 is 15.5 Å². The summed E-state index contributed by atoms with van der Waals surface area (Å²) in [5, 5.41) is 5.75. The van der Waals surface area contributed by atoms with Gasteiger partial charge in [-0.1, -0.05) is 6.07 Å². The van der Waals surface area contributed by atoms with Crippen molar-refractivity contribution < 1.29 is 14.4 Å². The minimum Gasteiger partial charge on any atom is -0.353 e. The van der Waals surface area contributed by atoms with Crippen LogP contribution in [0.1, 0.15) is 40.7 Å². The van der Waals surface area contributed by atoms with E-state index in [2.05, 4.69) is 15.6 Å². The van der Waals surface area contributed by atoms with Gasteiger partial charge in [0.25, 0.3) is 5.91 Å². The van der Waals surface area contributed by atoms with Crippen molar-refractivity contribution in [3.05, 3.63) is 59.4 Å². The topological polar surface area (TPSA) is 91.4 Å². The number of anilines is 1. The normalized spacial score (nSPS) is 18.4. The molecule has 0 saturated carbocycles. The van der Waals surface area contributed by atoms with Gasteiger partial charge in [-0.15, -0.1) is 0 Å². The Morgan fingerprint density at radius 3 is 2.71 bits per heavy atom. The molecule has 0 bridgehead atoms. The van der Waals surface area contributed by atoms with Crippen LogP contribution in [-0.4, -0.2) is 40.2 Å². The molecule has 3 heterocycles. The van der Waals surface area contributed by atoms with Gasteiger partial charge >= 0.3 is 0 Å². The van der Waals surface area contributed by atoms with Crippen molar-refractivity contribution in [2.45, 2.75) is 38.3 Å². The number of amides is 3. The Balaban J connectivity index is 1.41. The molecule has 0 radical (unpaired) electrons. The van der Waals surface area contributed by atoms with E-state index < -0.39 is 0 Å². The Morgan fingerprint density at radius 2 is 1.96 bits per heavy atom. The van der Waals surface area contributed by atoms with E-state index in [4.69, 9.17) is 0 Å². The molecule has 7 heteroatoms. The summed E-state index contributed by atoms with van der Waals surface area (Å²) in [4.78, 5) is 42.0. The highest BCUT2D eigenvalue weighted by Crippen LogP contribution is 2.24. The second kappa shape index (κ2) is 7.80. The van der Waals surface area contributed by atoms with Crippen LogP contribution < -0.4 is 10.6 Å². The van der Waals surface area contributed by atoms with E-state index in [-0.39, 0.29) is 23.8 Å². The van der Waals surface area contributed by atoms with Crippen molar-refractivity contribution in [1.82, 2.24) is 15.2 Å². The first-order chi connectivity index (χ1) is 13.6. The van der Waals surface area contributed by atoms with E-state index in [9.17, 15) is 14.4 Å². The minimum absolute atomic E-state index is 0.0244. The summed E-state index contributed by atoms with van der Waals surface area (Å²) in [6.45, 7) is 1.20. The summed E-state index contributed by atoms with van der Waals surface area (Å²) in [6.07, 6.45) is 5.52. The lowest BCUT2D eigenvalue weighted by Gasteiger charge is -2.30. The molecule has 4 rings (SSSR count). The fourth-order valence-corrected chi connectivity index (χ4v) is 3.72. The van der Waals surface area contributed by atoms with Gasteiger partial charge in [-0.25, -0.2) is 0 Å². The quantitative estimate of drug-likeness (QED) is 0.850. The summed E-state index contributed by atoms with van der Waals surface area (Å²) >= 11 is 0. The molecule has 2 aliphatic rings. The van der Waals surface area contributed by atoms with E-state index in [0.717, 1.165) is 18.4 Å². The van der Waals surface area contributed by atoms with Crippen LogP contribution in [0.5, 0.6) is 0 Å². The first kappa shape index (κ1) is 18.2. The largest absolute Gasteiger partial charge is 0.353 e. The van der Waals surface area contributed by atoms with Crippen molar-refractivity contribution in [3.8, 4) is 0 Å². The molecule has 1 fully saturated rings. The van der Waals surface area contributed by atoms with Crippen molar-refractivity contribution >= 4 is 23.4 Å². The maximum absolute atomic E-state index is 12.6. The van der Waals surface area contributed by atoms with E-state index >= 15 is 0 Å². The van der Waals surface area contributed by atoms with E-state index in [1.807, 2.05) is 23.1 Å². The number of nitrogens with one attached hydrogen (secondary N) is 2. The smallest absolute Gasteiger partial charge is 0.255 e. The van der Waals surface area contributed by atoms with E-state index in [0.29, 0.717) is 37.2 Å². The van der Waals surface area contributed by atoms with Gasteiger partial charge in [0.1, 0.15) is 0 Å². The number of hydrogen-bond donors (Lipinski definition) is 2. The lowest BCUT2D eigenvalue weighted by molar-refractivity contribution is -0.132. The van der Waals surface area contributed by atoms with Gasteiger partial charge in [0, 0.05) is 55.6 Å². The van der Waals surface area contributed by atoms with Gasteiger partial charge in [0.2, 0.25) is 11.8 Å². The molecular formula is C21H22N4O3. The Hall–Kier alpha value is -3.22. The molecule has 3 amide bonds. The highest BCUT2D eigenvalue weighted by molar-refractivity contribution is 6.04. The number of benzene rings is 1. The monoisotopic (exact) mass is 378 g/mol. The van der Waals surface area contributed by atoms with Crippen molar-refractivity contribution in [2.24, 2.45) is 0 Å². The number of carbonyl (C=O) groups is 3. The molecule has 7 nitrogen and oxygen atoms in total. The summed E-state index contributed by atoms with van der Waals surface area (Å²) < 4.78 is 0. The van der Waals surface area contributed by atoms with Gasteiger partial charge in [0.15, 0.2) is 0 Å².